The summed E-state index contributed by atoms with van der Waals surface area (Å²) in [6.07, 6.45) is 2.95. The maximum atomic E-state index is 11.7. The van der Waals surface area contributed by atoms with Gasteiger partial charge in [0.25, 0.3) is 11.2 Å². The Morgan fingerprint density at radius 3 is 3.00 bits per heavy atom. The number of nitrogens with zero attached hydrogens (tertiary/aromatic N) is 2. The number of pyridine rings is 1. The summed E-state index contributed by atoms with van der Waals surface area (Å²) in [4.78, 5) is 33.2. The third-order valence-electron chi connectivity index (χ3n) is 3.04. The van der Waals surface area contributed by atoms with Crippen LogP contribution in [0.3, 0.4) is 0 Å². The fraction of sp³-hybridized carbons (Fsp3) is 0.500. The van der Waals surface area contributed by atoms with Crippen molar-refractivity contribution in [3.63, 3.8) is 0 Å². The van der Waals surface area contributed by atoms with E-state index in [0.717, 1.165) is 35.7 Å². The van der Waals surface area contributed by atoms with Gasteiger partial charge in [-0.25, -0.2) is 0 Å². The molecule has 1 fully saturated rings. The van der Waals surface area contributed by atoms with Crippen LogP contribution in [0.5, 0.6) is 0 Å². The van der Waals surface area contributed by atoms with Crippen LogP contribution in [0.4, 0.5) is 5.69 Å². The standard InChI is InChI=1S/C12H15N3O5/c16-11(13-6-10-2-1-5-20-10)8-14-7-9(15(18)19)3-4-12(14)17/h3-4,7,10H,1-2,5-6,8H2,(H,13,16)/t10-/m1/s1. The van der Waals surface area contributed by atoms with Gasteiger partial charge in [-0.05, 0) is 12.8 Å². The highest BCUT2D eigenvalue weighted by molar-refractivity contribution is 5.75. The number of hydrogen-bond acceptors (Lipinski definition) is 5. The summed E-state index contributed by atoms with van der Waals surface area (Å²) in [5.74, 6) is -0.372. The van der Waals surface area contributed by atoms with Gasteiger partial charge in [0.05, 0.1) is 17.2 Å². The average Bonchev–Trinajstić information content (AvgIpc) is 2.92. The molecule has 1 N–H and O–H groups in total. The Balaban J connectivity index is 1.94. The molecule has 0 radical (unpaired) electrons. The number of nitrogens with one attached hydrogen (secondary N) is 1. The zero-order valence-corrected chi connectivity index (χ0v) is 10.8. The molecule has 0 bridgehead atoms. The van der Waals surface area contributed by atoms with Gasteiger partial charge in [0.1, 0.15) is 6.54 Å². The van der Waals surface area contributed by atoms with E-state index in [1.807, 2.05) is 0 Å². The number of ether oxygens (including phenoxy) is 1. The first-order valence-corrected chi connectivity index (χ1v) is 6.29. The predicted octanol–water partition coefficient (Wildman–Crippen LogP) is 0.0517. The van der Waals surface area contributed by atoms with Crippen molar-refractivity contribution in [2.75, 3.05) is 13.2 Å². The number of carbonyl (C=O) groups is 1. The molecule has 8 nitrogen and oxygen atoms in total. The van der Waals surface area contributed by atoms with Gasteiger partial charge in [-0.3, -0.25) is 24.3 Å². The van der Waals surface area contributed by atoms with Crippen LogP contribution in [-0.2, 0) is 16.1 Å². The lowest BCUT2D eigenvalue weighted by atomic mass is 10.2. The quantitative estimate of drug-likeness (QED) is 0.606. The van der Waals surface area contributed by atoms with Gasteiger partial charge in [-0.2, -0.15) is 0 Å². The van der Waals surface area contributed by atoms with Crippen LogP contribution in [0, 0.1) is 10.1 Å². The fourth-order valence-corrected chi connectivity index (χ4v) is 1.99. The molecular weight excluding hydrogens is 266 g/mol. The number of aromatic nitrogens is 1. The SMILES string of the molecule is O=C(Cn1cc([N+](=O)[O-])ccc1=O)NC[C@H]1CCCO1. The van der Waals surface area contributed by atoms with E-state index in [2.05, 4.69) is 5.32 Å². The summed E-state index contributed by atoms with van der Waals surface area (Å²) in [5, 5.41) is 13.3. The number of nitro groups is 1. The molecule has 108 valence electrons. The second kappa shape index (κ2) is 6.29. The molecule has 1 aliphatic rings. The van der Waals surface area contributed by atoms with Crippen LogP contribution < -0.4 is 10.9 Å². The molecule has 0 spiro atoms. The molecule has 0 saturated carbocycles. The van der Waals surface area contributed by atoms with Crippen LogP contribution >= 0.6 is 0 Å². The van der Waals surface area contributed by atoms with E-state index >= 15 is 0 Å². The summed E-state index contributed by atoms with van der Waals surface area (Å²) >= 11 is 0. The van der Waals surface area contributed by atoms with Crippen LogP contribution in [-0.4, -0.2) is 34.7 Å². The summed E-state index contributed by atoms with van der Waals surface area (Å²) in [6, 6.07) is 2.19. The number of carbonyl (C=O) groups excluding carboxylic acids is 1. The Hall–Kier alpha value is -2.22. The van der Waals surface area contributed by atoms with E-state index in [4.69, 9.17) is 4.74 Å². The zero-order chi connectivity index (χ0) is 14.5. The van der Waals surface area contributed by atoms with Crippen molar-refractivity contribution in [3.8, 4) is 0 Å². The first-order chi connectivity index (χ1) is 9.56. The lowest BCUT2D eigenvalue weighted by molar-refractivity contribution is -0.385. The lowest BCUT2D eigenvalue weighted by Gasteiger charge is -2.11. The van der Waals surface area contributed by atoms with Crippen molar-refractivity contribution in [2.24, 2.45) is 0 Å². The minimum absolute atomic E-state index is 0.0146. The predicted molar refractivity (Wildman–Crippen MR) is 69.3 cm³/mol. The molecule has 0 aromatic carbocycles. The van der Waals surface area contributed by atoms with Crippen LogP contribution in [0.15, 0.2) is 23.1 Å². The lowest BCUT2D eigenvalue weighted by Crippen LogP contribution is -2.36. The molecule has 8 heteroatoms. The van der Waals surface area contributed by atoms with E-state index < -0.39 is 10.5 Å². The van der Waals surface area contributed by atoms with Crippen molar-refractivity contribution in [1.82, 2.24) is 9.88 Å². The first-order valence-electron chi connectivity index (χ1n) is 6.29. The number of rotatable bonds is 5. The van der Waals surface area contributed by atoms with E-state index in [-0.39, 0.29) is 24.2 Å². The van der Waals surface area contributed by atoms with E-state index in [0.29, 0.717) is 13.2 Å². The Bertz CT molecular complexity index is 562. The van der Waals surface area contributed by atoms with Gasteiger partial charge in [0.15, 0.2) is 0 Å². The summed E-state index contributed by atoms with van der Waals surface area (Å²) < 4.78 is 6.37. The molecule has 1 atom stereocenters. The number of hydrogen-bond donors (Lipinski definition) is 1. The van der Waals surface area contributed by atoms with Gasteiger partial charge in [-0.1, -0.05) is 0 Å². The molecule has 20 heavy (non-hydrogen) atoms. The maximum absolute atomic E-state index is 11.7. The summed E-state index contributed by atoms with van der Waals surface area (Å²) in [7, 11) is 0. The van der Waals surface area contributed by atoms with E-state index in [1.54, 1.807) is 0 Å². The van der Waals surface area contributed by atoms with Gasteiger partial charge in [0, 0.05) is 25.3 Å². The Labute approximate surface area is 114 Å². The number of amides is 1. The third-order valence-corrected chi connectivity index (χ3v) is 3.04. The summed E-state index contributed by atoms with van der Waals surface area (Å²) in [6.45, 7) is 0.848. The molecule has 1 aliphatic heterocycles. The highest BCUT2D eigenvalue weighted by atomic mass is 16.6. The second-order valence-electron chi connectivity index (χ2n) is 4.55. The van der Waals surface area contributed by atoms with Crippen molar-refractivity contribution in [1.29, 1.82) is 0 Å². The minimum atomic E-state index is -0.611. The molecule has 1 amide bonds. The highest BCUT2D eigenvalue weighted by Gasteiger charge is 2.16. The van der Waals surface area contributed by atoms with Crippen molar-refractivity contribution < 1.29 is 14.5 Å². The normalized spacial score (nSPS) is 17.9. The second-order valence-corrected chi connectivity index (χ2v) is 4.55. The smallest absolute Gasteiger partial charge is 0.285 e. The van der Waals surface area contributed by atoms with Gasteiger partial charge in [0.2, 0.25) is 5.91 Å². The van der Waals surface area contributed by atoms with Gasteiger partial charge >= 0.3 is 0 Å². The fourth-order valence-electron chi connectivity index (χ4n) is 1.99. The van der Waals surface area contributed by atoms with Gasteiger partial charge in [-0.15, -0.1) is 0 Å². The maximum Gasteiger partial charge on any atom is 0.285 e. The van der Waals surface area contributed by atoms with E-state index in [9.17, 15) is 19.7 Å². The van der Waals surface area contributed by atoms with Crippen molar-refractivity contribution in [2.45, 2.75) is 25.5 Å². The Kier molecular flexibility index (Phi) is 4.46. The molecule has 0 unspecified atom stereocenters. The largest absolute Gasteiger partial charge is 0.376 e. The first kappa shape index (κ1) is 14.2. The molecule has 1 aromatic rings. The highest BCUT2D eigenvalue weighted by Crippen LogP contribution is 2.10. The molecule has 1 aromatic heterocycles. The molecule has 0 aliphatic carbocycles. The topological polar surface area (TPSA) is 103 Å². The monoisotopic (exact) mass is 281 g/mol. The molecular formula is C12H15N3O5. The van der Waals surface area contributed by atoms with E-state index in [1.165, 1.54) is 0 Å². The molecule has 2 rings (SSSR count). The van der Waals surface area contributed by atoms with Crippen molar-refractivity contribution >= 4 is 11.6 Å². The Morgan fingerprint density at radius 1 is 1.55 bits per heavy atom. The van der Waals surface area contributed by atoms with Crippen LogP contribution in [0.2, 0.25) is 0 Å². The zero-order valence-electron chi connectivity index (χ0n) is 10.8. The van der Waals surface area contributed by atoms with Crippen LogP contribution in [0.1, 0.15) is 12.8 Å². The minimum Gasteiger partial charge on any atom is -0.376 e. The van der Waals surface area contributed by atoms with Gasteiger partial charge < -0.3 is 10.1 Å². The third kappa shape index (κ3) is 3.64. The van der Waals surface area contributed by atoms with Crippen LogP contribution in [0.25, 0.3) is 0 Å². The molecule has 1 saturated heterocycles. The summed E-state index contributed by atoms with van der Waals surface area (Å²) in [5.41, 5.74) is -0.681. The van der Waals surface area contributed by atoms with Crippen molar-refractivity contribution in [3.05, 3.63) is 38.8 Å². The molecule has 2 heterocycles. The average molecular weight is 281 g/mol. The Morgan fingerprint density at radius 2 is 2.35 bits per heavy atom.